The zero-order valence-electron chi connectivity index (χ0n) is 10.8. The van der Waals surface area contributed by atoms with Crippen molar-refractivity contribution in [1.82, 2.24) is 0 Å². The molecule has 1 heteroatoms. The predicted molar refractivity (Wildman–Crippen MR) is 66.0 cm³/mol. The van der Waals surface area contributed by atoms with Crippen molar-refractivity contribution in [3.8, 4) is 0 Å². The fourth-order valence-corrected chi connectivity index (χ4v) is 4.61. The van der Waals surface area contributed by atoms with E-state index in [-0.39, 0.29) is 6.10 Å². The number of allylic oxidation sites excluding steroid dienone is 1. The van der Waals surface area contributed by atoms with E-state index in [2.05, 4.69) is 26.8 Å². The van der Waals surface area contributed by atoms with E-state index in [9.17, 15) is 5.11 Å². The van der Waals surface area contributed by atoms with E-state index in [1.807, 2.05) is 0 Å². The lowest BCUT2D eigenvalue weighted by Crippen LogP contribution is -2.44. The van der Waals surface area contributed by atoms with Gasteiger partial charge >= 0.3 is 0 Å². The van der Waals surface area contributed by atoms with Crippen molar-refractivity contribution in [1.29, 1.82) is 0 Å². The van der Waals surface area contributed by atoms with Crippen molar-refractivity contribution in [2.24, 2.45) is 22.7 Å². The minimum Gasteiger partial charge on any atom is -0.389 e. The van der Waals surface area contributed by atoms with Gasteiger partial charge in [0.05, 0.1) is 6.10 Å². The number of hydrogen-bond donors (Lipinski definition) is 1. The highest BCUT2D eigenvalue weighted by Crippen LogP contribution is 2.61. The first kappa shape index (κ1) is 10.8. The maximum absolute atomic E-state index is 9.99. The minimum absolute atomic E-state index is 0.170. The molecule has 0 heterocycles. The van der Waals surface area contributed by atoms with Gasteiger partial charge in [-0.2, -0.15) is 0 Å². The Labute approximate surface area is 98.9 Å². The number of aliphatic hydroxyl groups excluding tert-OH is 1. The number of aliphatic hydroxyl groups is 1. The van der Waals surface area contributed by atoms with Gasteiger partial charge in [0.15, 0.2) is 0 Å². The van der Waals surface area contributed by atoms with Crippen LogP contribution >= 0.6 is 0 Å². The zero-order chi connectivity index (χ0) is 11.6. The Balaban J connectivity index is 1.93. The molecule has 2 saturated carbocycles. The van der Waals surface area contributed by atoms with Gasteiger partial charge in [-0.15, -0.1) is 0 Å². The number of hydrogen-bond acceptors (Lipinski definition) is 1. The summed E-state index contributed by atoms with van der Waals surface area (Å²) in [6, 6.07) is 0. The summed E-state index contributed by atoms with van der Waals surface area (Å²) in [5, 5.41) is 9.99. The predicted octanol–water partition coefficient (Wildman–Crippen LogP) is 3.53. The summed E-state index contributed by atoms with van der Waals surface area (Å²) in [5.41, 5.74) is 2.52. The molecule has 0 aliphatic heterocycles. The quantitative estimate of drug-likeness (QED) is 0.619. The van der Waals surface area contributed by atoms with Crippen molar-refractivity contribution in [3.05, 3.63) is 11.6 Å². The highest BCUT2D eigenvalue weighted by Gasteiger charge is 2.52. The van der Waals surface area contributed by atoms with Crippen LogP contribution in [0.25, 0.3) is 0 Å². The Morgan fingerprint density at radius 2 is 2.00 bits per heavy atom. The van der Waals surface area contributed by atoms with Gasteiger partial charge in [0.25, 0.3) is 0 Å². The second kappa shape index (κ2) is 3.13. The van der Waals surface area contributed by atoms with Crippen LogP contribution in [-0.2, 0) is 0 Å². The van der Waals surface area contributed by atoms with Gasteiger partial charge in [-0.25, -0.2) is 0 Å². The summed E-state index contributed by atoms with van der Waals surface area (Å²) in [5.74, 6) is 1.68. The van der Waals surface area contributed by atoms with E-state index in [1.165, 1.54) is 25.7 Å². The standard InChI is InChI=1S/C15H24O/c1-14(2)9-12-10-6-11(16)8-15(3,7-10)5-4-13(12)14/h6,11-13,16H,4-5,7-9H2,1-3H3/t11-,12-,13+,15?/m1/s1. The third-order valence-corrected chi connectivity index (χ3v) is 5.51. The molecule has 0 spiro atoms. The Hall–Kier alpha value is -0.300. The van der Waals surface area contributed by atoms with E-state index in [0.29, 0.717) is 10.8 Å². The molecule has 1 nitrogen and oxygen atoms in total. The topological polar surface area (TPSA) is 20.2 Å². The molecule has 3 aliphatic carbocycles. The largest absolute Gasteiger partial charge is 0.389 e. The summed E-state index contributed by atoms with van der Waals surface area (Å²) in [7, 11) is 0. The first-order valence-electron chi connectivity index (χ1n) is 6.78. The molecule has 3 aliphatic rings. The molecular weight excluding hydrogens is 196 g/mol. The van der Waals surface area contributed by atoms with Crippen LogP contribution in [0.2, 0.25) is 0 Å². The van der Waals surface area contributed by atoms with Gasteiger partial charge < -0.3 is 5.11 Å². The van der Waals surface area contributed by atoms with Gasteiger partial charge in [-0.1, -0.05) is 32.4 Å². The first-order valence-corrected chi connectivity index (χ1v) is 6.78. The van der Waals surface area contributed by atoms with Crippen molar-refractivity contribution >= 4 is 0 Å². The molecule has 0 aromatic rings. The highest BCUT2D eigenvalue weighted by molar-refractivity contribution is 5.24. The molecule has 16 heavy (non-hydrogen) atoms. The van der Waals surface area contributed by atoms with Crippen LogP contribution in [0.3, 0.4) is 0 Å². The van der Waals surface area contributed by atoms with Gasteiger partial charge in [-0.3, -0.25) is 0 Å². The molecule has 0 amide bonds. The van der Waals surface area contributed by atoms with Crippen LogP contribution in [0.15, 0.2) is 11.6 Å². The van der Waals surface area contributed by atoms with E-state index in [1.54, 1.807) is 5.57 Å². The van der Waals surface area contributed by atoms with Crippen LogP contribution in [0.5, 0.6) is 0 Å². The highest BCUT2D eigenvalue weighted by atomic mass is 16.3. The summed E-state index contributed by atoms with van der Waals surface area (Å²) in [6.07, 6.45) is 8.27. The Morgan fingerprint density at radius 1 is 1.25 bits per heavy atom. The lowest BCUT2D eigenvalue weighted by molar-refractivity contribution is 0.00655. The second-order valence-corrected chi connectivity index (χ2v) is 7.44. The van der Waals surface area contributed by atoms with Gasteiger partial charge in [0, 0.05) is 0 Å². The summed E-state index contributed by atoms with van der Waals surface area (Å²) in [4.78, 5) is 0. The molecule has 0 saturated heterocycles. The lowest BCUT2D eigenvalue weighted by atomic mass is 9.53. The molecule has 0 aromatic heterocycles. The summed E-state index contributed by atoms with van der Waals surface area (Å²) in [6.45, 7) is 7.21. The Bertz CT molecular complexity index is 341. The van der Waals surface area contributed by atoms with Crippen LogP contribution in [0.4, 0.5) is 0 Å². The average Bonchev–Trinajstić information content (AvgIpc) is 2.19. The SMILES string of the molecule is CC12CC[C@H]3[C@H](CC3(C)C)C(=C[C@@H](O)C1)C2. The Kier molecular flexibility index (Phi) is 2.12. The monoisotopic (exact) mass is 220 g/mol. The van der Waals surface area contributed by atoms with Gasteiger partial charge in [0.1, 0.15) is 0 Å². The fourth-order valence-electron chi connectivity index (χ4n) is 4.61. The average molecular weight is 220 g/mol. The van der Waals surface area contributed by atoms with Crippen molar-refractivity contribution < 1.29 is 5.11 Å². The normalized spacial score (nSPS) is 49.8. The number of rotatable bonds is 0. The third-order valence-electron chi connectivity index (χ3n) is 5.51. The second-order valence-electron chi connectivity index (χ2n) is 7.44. The first-order chi connectivity index (χ1) is 7.40. The van der Waals surface area contributed by atoms with Crippen LogP contribution in [0.1, 0.15) is 52.9 Å². The lowest BCUT2D eigenvalue weighted by Gasteiger charge is -2.52. The minimum atomic E-state index is -0.170. The van der Waals surface area contributed by atoms with E-state index < -0.39 is 0 Å². The van der Waals surface area contributed by atoms with E-state index in [4.69, 9.17) is 0 Å². The Morgan fingerprint density at radius 3 is 2.69 bits per heavy atom. The maximum Gasteiger partial charge on any atom is 0.0728 e. The smallest absolute Gasteiger partial charge is 0.0728 e. The molecule has 3 rings (SSSR count). The molecule has 2 fully saturated rings. The molecule has 0 radical (unpaired) electrons. The molecule has 4 atom stereocenters. The zero-order valence-corrected chi connectivity index (χ0v) is 10.8. The maximum atomic E-state index is 9.99. The van der Waals surface area contributed by atoms with Gasteiger partial charge in [-0.05, 0) is 54.8 Å². The van der Waals surface area contributed by atoms with Crippen LogP contribution < -0.4 is 0 Å². The summed E-state index contributed by atoms with van der Waals surface area (Å²) >= 11 is 0. The molecule has 1 unspecified atom stereocenters. The number of fused-ring (bicyclic) bond motifs is 4. The van der Waals surface area contributed by atoms with Crippen LogP contribution in [-0.4, -0.2) is 11.2 Å². The van der Waals surface area contributed by atoms with Crippen molar-refractivity contribution in [2.75, 3.05) is 0 Å². The fraction of sp³-hybridized carbons (Fsp3) is 0.867. The van der Waals surface area contributed by atoms with Crippen LogP contribution in [0, 0.1) is 22.7 Å². The van der Waals surface area contributed by atoms with E-state index >= 15 is 0 Å². The molecular formula is C15H24O. The van der Waals surface area contributed by atoms with E-state index in [0.717, 1.165) is 18.3 Å². The van der Waals surface area contributed by atoms with Gasteiger partial charge in [0.2, 0.25) is 0 Å². The molecule has 0 aromatic carbocycles. The molecule has 90 valence electrons. The van der Waals surface area contributed by atoms with Crippen molar-refractivity contribution in [2.45, 2.75) is 59.0 Å². The van der Waals surface area contributed by atoms with Crippen molar-refractivity contribution in [3.63, 3.8) is 0 Å². The molecule has 2 bridgehead atoms. The third kappa shape index (κ3) is 1.48. The summed E-state index contributed by atoms with van der Waals surface area (Å²) < 4.78 is 0. The molecule has 1 N–H and O–H groups in total.